The normalized spacial score (nSPS) is 8.22. The Hall–Kier alpha value is -0.920. The first-order valence-electron chi connectivity index (χ1n) is 2.54. The monoisotopic (exact) mass is 124 g/mol. The van der Waals surface area contributed by atoms with Crippen molar-refractivity contribution in [3.63, 3.8) is 0 Å². The van der Waals surface area contributed by atoms with E-state index in [2.05, 4.69) is 9.97 Å². The zero-order valence-electron chi connectivity index (χ0n) is 5.05. The molecule has 0 amide bonds. The SMILES string of the molecule is C.Cc1cncnc1C. The second-order valence-electron chi connectivity index (χ2n) is 1.79. The number of rotatable bonds is 0. The summed E-state index contributed by atoms with van der Waals surface area (Å²) in [6, 6.07) is 0. The van der Waals surface area contributed by atoms with Gasteiger partial charge in [0.1, 0.15) is 6.33 Å². The molecule has 2 heteroatoms. The van der Waals surface area contributed by atoms with Crippen molar-refractivity contribution in [1.29, 1.82) is 0 Å². The Bertz CT molecular complexity index is 163. The van der Waals surface area contributed by atoms with Crippen LogP contribution in [0.2, 0.25) is 0 Å². The Balaban J connectivity index is 0.000000640. The topological polar surface area (TPSA) is 25.8 Å². The summed E-state index contributed by atoms with van der Waals surface area (Å²) in [5.41, 5.74) is 2.20. The van der Waals surface area contributed by atoms with Crippen molar-refractivity contribution < 1.29 is 0 Å². The van der Waals surface area contributed by atoms with Crippen LogP contribution in [0.3, 0.4) is 0 Å². The van der Waals surface area contributed by atoms with Crippen molar-refractivity contribution in [3.8, 4) is 0 Å². The number of hydrogen-bond donors (Lipinski definition) is 0. The summed E-state index contributed by atoms with van der Waals surface area (Å²) < 4.78 is 0. The van der Waals surface area contributed by atoms with E-state index >= 15 is 0 Å². The second-order valence-corrected chi connectivity index (χ2v) is 1.79. The third-order valence-corrected chi connectivity index (χ3v) is 1.16. The fourth-order valence-electron chi connectivity index (χ4n) is 0.460. The number of aryl methyl sites for hydroxylation is 2. The average molecular weight is 124 g/mol. The Morgan fingerprint density at radius 1 is 1.33 bits per heavy atom. The molecule has 0 bridgehead atoms. The second kappa shape index (κ2) is 3.17. The largest absolute Gasteiger partial charge is 0.245 e. The predicted octanol–water partition coefficient (Wildman–Crippen LogP) is 1.73. The van der Waals surface area contributed by atoms with Crippen LogP contribution in [-0.2, 0) is 0 Å². The molecule has 0 aliphatic rings. The summed E-state index contributed by atoms with van der Waals surface area (Å²) in [4.78, 5) is 7.80. The molecule has 0 aliphatic heterocycles. The molecule has 0 radical (unpaired) electrons. The third kappa shape index (κ3) is 1.80. The number of hydrogen-bond acceptors (Lipinski definition) is 2. The van der Waals surface area contributed by atoms with Crippen molar-refractivity contribution >= 4 is 0 Å². The third-order valence-electron chi connectivity index (χ3n) is 1.16. The van der Waals surface area contributed by atoms with Gasteiger partial charge in [0.15, 0.2) is 0 Å². The van der Waals surface area contributed by atoms with Gasteiger partial charge >= 0.3 is 0 Å². The Morgan fingerprint density at radius 2 is 2.00 bits per heavy atom. The van der Waals surface area contributed by atoms with Crippen LogP contribution in [0.1, 0.15) is 18.7 Å². The van der Waals surface area contributed by atoms with E-state index in [1.165, 1.54) is 0 Å². The molecule has 0 N–H and O–H groups in total. The fourth-order valence-corrected chi connectivity index (χ4v) is 0.460. The fraction of sp³-hybridized carbons (Fsp3) is 0.429. The molecule has 9 heavy (non-hydrogen) atoms. The van der Waals surface area contributed by atoms with Gasteiger partial charge in [-0.25, -0.2) is 9.97 Å². The standard InChI is InChI=1S/C6H8N2.CH4/c1-5-3-7-4-8-6(5)2;/h3-4H,1-2H3;1H4. The molecule has 0 unspecified atom stereocenters. The van der Waals surface area contributed by atoms with Crippen molar-refractivity contribution in [2.75, 3.05) is 0 Å². The van der Waals surface area contributed by atoms with Crippen molar-refractivity contribution in [2.24, 2.45) is 0 Å². The zero-order valence-corrected chi connectivity index (χ0v) is 5.05. The Labute approximate surface area is 56.0 Å². The number of nitrogens with zero attached hydrogens (tertiary/aromatic N) is 2. The molecule has 1 rings (SSSR count). The maximum absolute atomic E-state index is 3.97. The highest BCUT2D eigenvalue weighted by Crippen LogP contribution is 1.95. The van der Waals surface area contributed by atoms with Gasteiger partial charge in [0.2, 0.25) is 0 Å². The van der Waals surface area contributed by atoms with Crippen LogP contribution in [0.4, 0.5) is 0 Å². The Morgan fingerprint density at radius 3 is 2.33 bits per heavy atom. The molecule has 0 saturated carbocycles. The van der Waals surface area contributed by atoms with Gasteiger partial charge in [0.25, 0.3) is 0 Å². The molecule has 0 spiro atoms. The quantitative estimate of drug-likeness (QED) is 0.526. The van der Waals surface area contributed by atoms with Crippen LogP contribution >= 0.6 is 0 Å². The molecule has 50 valence electrons. The van der Waals surface area contributed by atoms with Gasteiger partial charge in [-0.1, -0.05) is 7.43 Å². The van der Waals surface area contributed by atoms with E-state index in [0.29, 0.717) is 0 Å². The zero-order chi connectivity index (χ0) is 5.98. The lowest BCUT2D eigenvalue weighted by atomic mass is 10.3. The summed E-state index contributed by atoms with van der Waals surface area (Å²) in [6.45, 7) is 3.96. The molecule has 0 saturated heterocycles. The van der Waals surface area contributed by atoms with E-state index < -0.39 is 0 Å². The summed E-state index contributed by atoms with van der Waals surface area (Å²) >= 11 is 0. The molecule has 1 heterocycles. The molecular weight excluding hydrogens is 112 g/mol. The van der Waals surface area contributed by atoms with Crippen LogP contribution in [0.5, 0.6) is 0 Å². The maximum Gasteiger partial charge on any atom is 0.115 e. The number of aromatic nitrogens is 2. The summed E-state index contributed by atoms with van der Waals surface area (Å²) in [5, 5.41) is 0. The van der Waals surface area contributed by atoms with Crippen LogP contribution in [-0.4, -0.2) is 9.97 Å². The van der Waals surface area contributed by atoms with E-state index in [0.717, 1.165) is 11.3 Å². The highest BCUT2D eigenvalue weighted by Gasteiger charge is 1.86. The molecule has 0 atom stereocenters. The van der Waals surface area contributed by atoms with Gasteiger partial charge in [0.05, 0.1) is 0 Å². The molecular formula is C7H12N2. The van der Waals surface area contributed by atoms with Gasteiger partial charge in [-0.05, 0) is 19.4 Å². The van der Waals surface area contributed by atoms with Gasteiger partial charge in [-0.15, -0.1) is 0 Å². The first-order chi connectivity index (χ1) is 3.80. The van der Waals surface area contributed by atoms with Gasteiger partial charge < -0.3 is 0 Å². The minimum atomic E-state index is 0. The van der Waals surface area contributed by atoms with E-state index in [9.17, 15) is 0 Å². The maximum atomic E-state index is 3.97. The van der Waals surface area contributed by atoms with E-state index in [1.807, 2.05) is 20.0 Å². The smallest absolute Gasteiger partial charge is 0.115 e. The summed E-state index contributed by atoms with van der Waals surface area (Å²) in [5.74, 6) is 0. The first kappa shape index (κ1) is 8.08. The lowest BCUT2D eigenvalue weighted by molar-refractivity contribution is 1.06. The van der Waals surface area contributed by atoms with Crippen LogP contribution in [0.25, 0.3) is 0 Å². The molecule has 0 aliphatic carbocycles. The van der Waals surface area contributed by atoms with Crippen LogP contribution < -0.4 is 0 Å². The summed E-state index contributed by atoms with van der Waals surface area (Å²) in [7, 11) is 0. The first-order valence-corrected chi connectivity index (χ1v) is 2.54. The molecule has 1 aromatic heterocycles. The molecule has 0 fully saturated rings. The molecule has 2 nitrogen and oxygen atoms in total. The van der Waals surface area contributed by atoms with Gasteiger partial charge in [-0.3, -0.25) is 0 Å². The van der Waals surface area contributed by atoms with Gasteiger partial charge in [-0.2, -0.15) is 0 Å². The average Bonchev–Trinajstić information content (AvgIpc) is 1.77. The van der Waals surface area contributed by atoms with Crippen molar-refractivity contribution in [2.45, 2.75) is 21.3 Å². The van der Waals surface area contributed by atoms with E-state index in [1.54, 1.807) is 6.33 Å². The predicted molar refractivity (Wildman–Crippen MR) is 38.2 cm³/mol. The van der Waals surface area contributed by atoms with Crippen molar-refractivity contribution in [1.82, 2.24) is 9.97 Å². The molecule has 1 aromatic rings. The van der Waals surface area contributed by atoms with Crippen LogP contribution in [0.15, 0.2) is 12.5 Å². The minimum Gasteiger partial charge on any atom is -0.245 e. The Kier molecular flexibility index (Phi) is 2.85. The van der Waals surface area contributed by atoms with Crippen molar-refractivity contribution in [3.05, 3.63) is 23.8 Å². The summed E-state index contributed by atoms with van der Waals surface area (Å²) in [6.07, 6.45) is 3.37. The van der Waals surface area contributed by atoms with Crippen LogP contribution in [0, 0.1) is 13.8 Å². The highest BCUT2D eigenvalue weighted by atomic mass is 14.8. The lowest BCUT2D eigenvalue weighted by Gasteiger charge is -1.91. The minimum absolute atomic E-state index is 0. The van der Waals surface area contributed by atoms with E-state index in [4.69, 9.17) is 0 Å². The van der Waals surface area contributed by atoms with Gasteiger partial charge in [0, 0.05) is 11.9 Å². The molecule has 0 aromatic carbocycles. The highest BCUT2D eigenvalue weighted by molar-refractivity contribution is 5.10. The van der Waals surface area contributed by atoms with E-state index in [-0.39, 0.29) is 7.43 Å². The lowest BCUT2D eigenvalue weighted by Crippen LogP contribution is -1.85.